The van der Waals surface area contributed by atoms with Gasteiger partial charge in [-0.3, -0.25) is 19.5 Å². The monoisotopic (exact) mass is 641 g/mol. The third-order valence-electron chi connectivity index (χ3n) is 8.08. The van der Waals surface area contributed by atoms with Gasteiger partial charge in [-0.05, 0) is 79.9 Å². The van der Waals surface area contributed by atoms with Crippen LogP contribution < -0.4 is 14.9 Å². The minimum Gasteiger partial charge on any atom is -0.464 e. The van der Waals surface area contributed by atoms with Crippen LogP contribution in [0, 0.1) is 6.92 Å². The van der Waals surface area contributed by atoms with E-state index in [0.29, 0.717) is 28.0 Å². The molecule has 12 nitrogen and oxygen atoms in total. The zero-order valence-electron chi connectivity index (χ0n) is 25.4. The van der Waals surface area contributed by atoms with Crippen LogP contribution >= 0.6 is 0 Å². The molecule has 0 unspecified atom stereocenters. The van der Waals surface area contributed by atoms with Gasteiger partial charge in [-0.1, -0.05) is 42.7 Å². The molecule has 1 aliphatic rings. The van der Waals surface area contributed by atoms with E-state index in [9.17, 15) is 18.0 Å². The van der Waals surface area contributed by atoms with Gasteiger partial charge in [-0.25, -0.2) is 17.8 Å². The number of sulfonamides is 1. The van der Waals surface area contributed by atoms with E-state index in [1.54, 1.807) is 49.6 Å². The summed E-state index contributed by atoms with van der Waals surface area (Å²) in [5.41, 5.74) is 2.32. The van der Waals surface area contributed by atoms with Crippen LogP contribution in [0.5, 0.6) is 0 Å². The van der Waals surface area contributed by atoms with Crippen molar-refractivity contribution in [2.45, 2.75) is 69.1 Å². The summed E-state index contributed by atoms with van der Waals surface area (Å²) in [7, 11) is -3.89. The number of carbonyl (C=O) groups is 2. The standard InChI is InChI=1S/C33H35N7O5S/c1-23-13-18-30(45-23)32(33(42)36-25-9-3-2-4-10-25)40(31(41)22-39-29-12-6-5-11-28(29)37-38-39)26-14-16-27(17-15-26)46(43,44)35-21-24-8-7-19-34-20-24/h5-8,11-20,25,32,35H,2-4,9-10,21-22H2,1H3,(H,36,42)/t32-/m1/s1. The van der Waals surface area contributed by atoms with E-state index in [-0.39, 0.29) is 35.7 Å². The van der Waals surface area contributed by atoms with Crippen LogP contribution in [-0.4, -0.2) is 46.3 Å². The highest BCUT2D eigenvalue weighted by Gasteiger charge is 2.37. The number of rotatable bonds is 11. The number of furan rings is 1. The minimum absolute atomic E-state index is 0.00635. The number of nitrogens with zero attached hydrogens (tertiary/aromatic N) is 5. The van der Waals surface area contributed by atoms with Crippen LogP contribution in [0.1, 0.15) is 55.2 Å². The summed E-state index contributed by atoms with van der Waals surface area (Å²) in [6.07, 6.45) is 8.06. The first-order valence-electron chi connectivity index (χ1n) is 15.2. The Morgan fingerprint density at radius 1 is 1.00 bits per heavy atom. The van der Waals surface area contributed by atoms with Gasteiger partial charge in [0.15, 0.2) is 6.04 Å². The molecule has 1 saturated carbocycles. The number of pyridine rings is 1. The average molecular weight is 642 g/mol. The Hall–Kier alpha value is -4.88. The molecule has 2 amide bonds. The molecule has 1 fully saturated rings. The van der Waals surface area contributed by atoms with Crippen LogP contribution in [-0.2, 0) is 32.7 Å². The number of nitrogens with one attached hydrogen (secondary N) is 2. The van der Waals surface area contributed by atoms with Gasteiger partial charge < -0.3 is 9.73 Å². The number of benzene rings is 2. The van der Waals surface area contributed by atoms with Crippen molar-refractivity contribution in [2.24, 2.45) is 0 Å². The lowest BCUT2D eigenvalue weighted by Crippen LogP contribution is -2.48. The van der Waals surface area contributed by atoms with Gasteiger partial charge in [0, 0.05) is 30.7 Å². The maximum absolute atomic E-state index is 14.3. The van der Waals surface area contributed by atoms with Crippen molar-refractivity contribution in [1.82, 2.24) is 30.0 Å². The van der Waals surface area contributed by atoms with Gasteiger partial charge in [0.25, 0.3) is 5.91 Å². The fourth-order valence-electron chi connectivity index (χ4n) is 5.73. The lowest BCUT2D eigenvalue weighted by Gasteiger charge is -2.32. The molecule has 1 aliphatic carbocycles. The normalized spacial score (nSPS) is 14.6. The maximum Gasteiger partial charge on any atom is 0.251 e. The van der Waals surface area contributed by atoms with Crippen molar-refractivity contribution in [3.05, 3.63) is 102 Å². The quantitative estimate of drug-likeness (QED) is 0.215. The summed E-state index contributed by atoms with van der Waals surface area (Å²) < 4.78 is 36.3. The summed E-state index contributed by atoms with van der Waals surface area (Å²) in [5.74, 6) is 0.0328. The lowest BCUT2D eigenvalue weighted by atomic mass is 9.95. The Morgan fingerprint density at radius 2 is 1.78 bits per heavy atom. The van der Waals surface area contributed by atoms with Crippen LogP contribution in [0.15, 0.2) is 94.5 Å². The molecule has 2 aromatic carbocycles. The van der Waals surface area contributed by atoms with Crippen LogP contribution in [0.4, 0.5) is 5.69 Å². The van der Waals surface area contributed by atoms with Crippen LogP contribution in [0.2, 0.25) is 0 Å². The Bertz CT molecular complexity index is 1920. The zero-order valence-corrected chi connectivity index (χ0v) is 26.2. The number of para-hydroxylation sites is 1. The SMILES string of the molecule is Cc1ccc([C@H](C(=O)NC2CCCCC2)N(C(=O)Cn2nnc3ccccc32)c2ccc(S(=O)(=O)NCc3cccnc3)cc2)o1. The van der Waals surface area contributed by atoms with Gasteiger partial charge in [0.05, 0.1) is 10.4 Å². The minimum atomic E-state index is -3.89. The third kappa shape index (κ3) is 7.00. The number of anilines is 1. The van der Waals surface area contributed by atoms with E-state index >= 15 is 0 Å². The number of hydrogen-bond donors (Lipinski definition) is 2. The molecule has 0 spiro atoms. The number of fused-ring (bicyclic) bond motifs is 1. The lowest BCUT2D eigenvalue weighted by molar-refractivity contribution is -0.128. The summed E-state index contributed by atoms with van der Waals surface area (Å²) in [6.45, 7) is 1.61. The number of aromatic nitrogens is 4. The van der Waals surface area contributed by atoms with Crippen molar-refractivity contribution >= 4 is 38.6 Å². The Balaban J connectivity index is 1.35. The van der Waals surface area contributed by atoms with E-state index in [1.165, 1.54) is 33.8 Å². The maximum atomic E-state index is 14.3. The van der Waals surface area contributed by atoms with Gasteiger partial charge in [-0.2, -0.15) is 0 Å². The first-order valence-corrected chi connectivity index (χ1v) is 16.7. The van der Waals surface area contributed by atoms with E-state index in [4.69, 9.17) is 4.42 Å². The van der Waals surface area contributed by atoms with E-state index in [0.717, 1.165) is 32.1 Å². The molecule has 0 bridgehead atoms. The molecule has 6 rings (SSSR count). The van der Waals surface area contributed by atoms with Gasteiger partial charge in [0.1, 0.15) is 23.6 Å². The molecule has 5 aromatic rings. The molecule has 0 radical (unpaired) electrons. The highest BCUT2D eigenvalue weighted by atomic mass is 32.2. The predicted molar refractivity (Wildman–Crippen MR) is 171 cm³/mol. The largest absolute Gasteiger partial charge is 0.464 e. The summed E-state index contributed by atoms with van der Waals surface area (Å²) in [4.78, 5) is 33.8. The first-order chi connectivity index (χ1) is 22.3. The molecule has 2 N–H and O–H groups in total. The number of aryl methyl sites for hydroxylation is 1. The Labute approximate surface area is 266 Å². The van der Waals surface area contributed by atoms with Crippen molar-refractivity contribution in [1.29, 1.82) is 0 Å². The highest BCUT2D eigenvalue weighted by molar-refractivity contribution is 7.89. The topological polar surface area (TPSA) is 152 Å². The fourth-order valence-corrected chi connectivity index (χ4v) is 6.74. The van der Waals surface area contributed by atoms with Gasteiger partial charge >= 0.3 is 0 Å². The summed E-state index contributed by atoms with van der Waals surface area (Å²) >= 11 is 0. The van der Waals surface area contributed by atoms with Gasteiger partial charge in [0.2, 0.25) is 15.9 Å². The first kappa shape index (κ1) is 31.1. The zero-order chi connectivity index (χ0) is 32.1. The Morgan fingerprint density at radius 3 is 2.50 bits per heavy atom. The van der Waals surface area contributed by atoms with Gasteiger partial charge in [-0.15, -0.1) is 5.10 Å². The van der Waals surface area contributed by atoms with E-state index < -0.39 is 22.0 Å². The number of amides is 2. The molecular formula is C33H35N7O5S. The number of hydrogen-bond acceptors (Lipinski definition) is 8. The molecule has 1 atom stereocenters. The van der Waals surface area contributed by atoms with Crippen molar-refractivity contribution in [3.8, 4) is 0 Å². The molecule has 0 aliphatic heterocycles. The van der Waals surface area contributed by atoms with Crippen molar-refractivity contribution in [3.63, 3.8) is 0 Å². The van der Waals surface area contributed by atoms with Crippen LogP contribution in [0.25, 0.3) is 11.0 Å². The predicted octanol–water partition coefficient (Wildman–Crippen LogP) is 4.43. The molecule has 3 aromatic heterocycles. The molecule has 3 heterocycles. The Kier molecular flexibility index (Phi) is 9.22. The highest BCUT2D eigenvalue weighted by Crippen LogP contribution is 2.31. The molecule has 46 heavy (non-hydrogen) atoms. The average Bonchev–Trinajstić information content (AvgIpc) is 3.69. The fraction of sp³-hybridized carbons (Fsp3) is 0.303. The number of carbonyl (C=O) groups excluding carboxylic acids is 2. The molecule has 0 saturated heterocycles. The second-order valence-corrected chi connectivity index (χ2v) is 13.1. The molecule has 238 valence electrons. The van der Waals surface area contributed by atoms with Crippen LogP contribution in [0.3, 0.4) is 0 Å². The second kappa shape index (κ2) is 13.6. The summed E-state index contributed by atoms with van der Waals surface area (Å²) in [5, 5.41) is 11.5. The van der Waals surface area contributed by atoms with Crippen molar-refractivity contribution in [2.75, 3.05) is 4.90 Å². The van der Waals surface area contributed by atoms with Crippen molar-refractivity contribution < 1.29 is 22.4 Å². The molecule has 13 heteroatoms. The smallest absolute Gasteiger partial charge is 0.251 e. The second-order valence-electron chi connectivity index (χ2n) is 11.4. The van der Waals surface area contributed by atoms with E-state index in [1.807, 2.05) is 18.2 Å². The van der Waals surface area contributed by atoms with E-state index in [2.05, 4.69) is 25.3 Å². The third-order valence-corrected chi connectivity index (χ3v) is 9.49. The molecular weight excluding hydrogens is 606 g/mol. The summed E-state index contributed by atoms with van der Waals surface area (Å²) in [6, 6.07) is 18.9.